The Balaban J connectivity index is 1.40. The monoisotopic (exact) mass is 399 g/mol. The van der Waals surface area contributed by atoms with Crippen LogP contribution >= 0.6 is 11.3 Å². The van der Waals surface area contributed by atoms with E-state index in [0.29, 0.717) is 25.4 Å². The summed E-state index contributed by atoms with van der Waals surface area (Å²) in [4.78, 5) is 30.4. The third kappa shape index (κ3) is 4.04. The van der Waals surface area contributed by atoms with E-state index in [1.54, 1.807) is 16.2 Å². The molecule has 148 valence electrons. The Labute approximate surface area is 168 Å². The highest BCUT2D eigenvalue weighted by atomic mass is 32.1. The van der Waals surface area contributed by atoms with Gasteiger partial charge in [0.2, 0.25) is 5.91 Å². The molecule has 1 saturated heterocycles. The van der Waals surface area contributed by atoms with Gasteiger partial charge < -0.3 is 15.0 Å². The van der Waals surface area contributed by atoms with Crippen molar-refractivity contribution in [2.45, 2.75) is 51.6 Å². The van der Waals surface area contributed by atoms with Crippen molar-refractivity contribution in [3.8, 4) is 11.3 Å². The number of rotatable bonds is 2. The number of nitrogens with zero attached hydrogens (tertiary/aromatic N) is 2. The van der Waals surface area contributed by atoms with Gasteiger partial charge in [-0.2, -0.15) is 0 Å². The molecule has 6 nitrogen and oxygen atoms in total. The van der Waals surface area contributed by atoms with Crippen LogP contribution in [0.2, 0.25) is 0 Å². The summed E-state index contributed by atoms with van der Waals surface area (Å²) in [7, 11) is 0. The quantitative estimate of drug-likeness (QED) is 0.811. The van der Waals surface area contributed by atoms with E-state index in [1.165, 1.54) is 0 Å². The first kappa shape index (κ1) is 18.9. The highest BCUT2D eigenvalue weighted by Crippen LogP contribution is 2.35. The molecule has 7 heteroatoms. The number of piperidine rings is 1. The van der Waals surface area contributed by atoms with Crippen LogP contribution in [0.3, 0.4) is 0 Å². The van der Waals surface area contributed by atoms with E-state index in [-0.39, 0.29) is 12.0 Å². The van der Waals surface area contributed by atoms with Gasteiger partial charge in [-0.15, -0.1) is 11.3 Å². The molecule has 2 aromatic rings. The van der Waals surface area contributed by atoms with Gasteiger partial charge in [-0.25, -0.2) is 9.78 Å². The van der Waals surface area contributed by atoms with Gasteiger partial charge in [-0.3, -0.25) is 4.79 Å². The SMILES string of the molecule is CC(C)(C)OC(=O)N1CCC(c2nc(-c3ccc4c(c3)CC(=O)N4)cs2)CC1. The molecule has 0 spiro atoms. The molecule has 1 aromatic heterocycles. The average Bonchev–Trinajstić information content (AvgIpc) is 3.25. The number of carbonyl (C=O) groups excluding carboxylic acids is 2. The van der Waals surface area contributed by atoms with E-state index >= 15 is 0 Å². The van der Waals surface area contributed by atoms with Gasteiger partial charge in [0.1, 0.15) is 5.60 Å². The average molecular weight is 400 g/mol. The summed E-state index contributed by atoms with van der Waals surface area (Å²) in [6.07, 6.45) is 2.00. The van der Waals surface area contributed by atoms with Crippen molar-refractivity contribution in [1.82, 2.24) is 9.88 Å². The maximum atomic E-state index is 12.2. The lowest BCUT2D eigenvalue weighted by Crippen LogP contribution is -2.41. The molecular weight excluding hydrogens is 374 g/mol. The molecule has 1 fully saturated rings. The van der Waals surface area contributed by atoms with Crippen molar-refractivity contribution >= 4 is 29.0 Å². The first-order valence-corrected chi connectivity index (χ1v) is 10.5. The predicted octanol–water partition coefficient (Wildman–Crippen LogP) is 4.42. The minimum atomic E-state index is -0.464. The van der Waals surface area contributed by atoms with Gasteiger partial charge in [-0.1, -0.05) is 6.07 Å². The molecule has 0 unspecified atom stereocenters. The van der Waals surface area contributed by atoms with E-state index in [0.717, 1.165) is 40.4 Å². The van der Waals surface area contributed by atoms with Crippen LogP contribution in [0.15, 0.2) is 23.6 Å². The van der Waals surface area contributed by atoms with Crippen molar-refractivity contribution in [2.75, 3.05) is 18.4 Å². The van der Waals surface area contributed by atoms with Gasteiger partial charge >= 0.3 is 6.09 Å². The van der Waals surface area contributed by atoms with Crippen molar-refractivity contribution in [3.05, 3.63) is 34.2 Å². The van der Waals surface area contributed by atoms with Crippen LogP contribution in [0.4, 0.5) is 10.5 Å². The topological polar surface area (TPSA) is 71.5 Å². The number of benzene rings is 1. The molecule has 0 radical (unpaired) electrons. The number of thiazole rings is 1. The Morgan fingerprint density at radius 2 is 2.04 bits per heavy atom. The standard InChI is InChI=1S/C21H25N3O3S/c1-21(2,3)27-20(26)24-8-6-13(7-9-24)19-23-17(12-28-19)14-4-5-16-15(10-14)11-18(25)22-16/h4-5,10,12-13H,6-9,11H2,1-3H3,(H,22,25). The summed E-state index contributed by atoms with van der Waals surface area (Å²) >= 11 is 1.68. The van der Waals surface area contributed by atoms with Gasteiger partial charge in [0.25, 0.3) is 0 Å². The Morgan fingerprint density at radius 3 is 2.75 bits per heavy atom. The Morgan fingerprint density at radius 1 is 1.29 bits per heavy atom. The van der Waals surface area contributed by atoms with Crippen LogP contribution in [0.5, 0.6) is 0 Å². The number of hydrogen-bond donors (Lipinski definition) is 1. The maximum Gasteiger partial charge on any atom is 0.410 e. The van der Waals surface area contributed by atoms with Crippen LogP contribution in [-0.4, -0.2) is 40.6 Å². The van der Waals surface area contributed by atoms with Crippen molar-refractivity contribution in [3.63, 3.8) is 0 Å². The van der Waals surface area contributed by atoms with E-state index in [9.17, 15) is 9.59 Å². The second-order valence-corrected chi connectivity index (χ2v) is 9.30. The zero-order valence-corrected chi connectivity index (χ0v) is 17.3. The molecule has 0 atom stereocenters. The van der Waals surface area contributed by atoms with Crippen LogP contribution in [0, 0.1) is 0 Å². The first-order chi connectivity index (χ1) is 13.3. The minimum Gasteiger partial charge on any atom is -0.444 e. The Kier molecular flexibility index (Phi) is 4.87. The van der Waals surface area contributed by atoms with Crippen molar-refractivity contribution in [1.29, 1.82) is 0 Å². The molecule has 1 N–H and O–H groups in total. The molecule has 2 amide bonds. The lowest BCUT2D eigenvalue weighted by Gasteiger charge is -2.32. The van der Waals surface area contributed by atoms with E-state index < -0.39 is 5.60 Å². The van der Waals surface area contributed by atoms with Gasteiger partial charge in [-0.05, 0) is 51.3 Å². The molecule has 1 aromatic carbocycles. The van der Waals surface area contributed by atoms with Gasteiger partial charge in [0.15, 0.2) is 0 Å². The number of ether oxygens (including phenoxy) is 1. The second-order valence-electron chi connectivity index (χ2n) is 8.41. The molecule has 0 aliphatic carbocycles. The summed E-state index contributed by atoms with van der Waals surface area (Å²) < 4.78 is 5.47. The summed E-state index contributed by atoms with van der Waals surface area (Å²) in [6.45, 7) is 7.06. The van der Waals surface area contributed by atoms with Crippen molar-refractivity contribution in [2.24, 2.45) is 0 Å². The molecule has 28 heavy (non-hydrogen) atoms. The third-order valence-corrected chi connectivity index (χ3v) is 6.05. The lowest BCUT2D eigenvalue weighted by atomic mass is 9.98. The fraction of sp³-hybridized carbons (Fsp3) is 0.476. The summed E-state index contributed by atoms with van der Waals surface area (Å²) in [6, 6.07) is 6.01. The summed E-state index contributed by atoms with van der Waals surface area (Å²) in [5.41, 5.74) is 3.47. The number of carbonyl (C=O) groups is 2. The van der Waals surface area contributed by atoms with E-state index in [1.807, 2.05) is 32.9 Å². The molecule has 4 rings (SSSR count). The van der Waals surface area contributed by atoms with Crippen LogP contribution in [0.25, 0.3) is 11.3 Å². The van der Waals surface area contributed by atoms with Gasteiger partial charge in [0, 0.05) is 35.6 Å². The number of hydrogen-bond acceptors (Lipinski definition) is 5. The Bertz CT molecular complexity index is 908. The Hall–Kier alpha value is -2.41. The number of aromatic nitrogens is 1. The molecular formula is C21H25N3O3S. The minimum absolute atomic E-state index is 0.0443. The van der Waals surface area contributed by atoms with Crippen LogP contribution < -0.4 is 5.32 Å². The second kappa shape index (κ2) is 7.20. The number of anilines is 1. The normalized spacial score (nSPS) is 17.4. The van der Waals surface area contributed by atoms with Gasteiger partial charge in [0.05, 0.1) is 17.1 Å². The molecule has 0 bridgehead atoms. The molecule has 0 saturated carbocycles. The van der Waals surface area contributed by atoms with Crippen LogP contribution in [-0.2, 0) is 16.0 Å². The maximum absolute atomic E-state index is 12.2. The van der Waals surface area contributed by atoms with Crippen LogP contribution in [0.1, 0.15) is 50.1 Å². The third-order valence-electron chi connectivity index (χ3n) is 5.04. The summed E-state index contributed by atoms with van der Waals surface area (Å²) in [5, 5.41) is 6.06. The number of amides is 2. The zero-order valence-electron chi connectivity index (χ0n) is 16.4. The fourth-order valence-corrected chi connectivity index (χ4v) is 4.63. The molecule has 2 aliphatic rings. The highest BCUT2D eigenvalue weighted by Gasteiger charge is 2.29. The fourth-order valence-electron chi connectivity index (χ4n) is 3.63. The number of nitrogens with one attached hydrogen (secondary N) is 1. The summed E-state index contributed by atoms with van der Waals surface area (Å²) in [5.74, 6) is 0.415. The largest absolute Gasteiger partial charge is 0.444 e. The van der Waals surface area contributed by atoms with Crippen molar-refractivity contribution < 1.29 is 14.3 Å². The first-order valence-electron chi connectivity index (χ1n) is 9.65. The highest BCUT2D eigenvalue weighted by molar-refractivity contribution is 7.10. The lowest BCUT2D eigenvalue weighted by molar-refractivity contribution is -0.115. The van der Waals surface area contributed by atoms with E-state index in [4.69, 9.17) is 9.72 Å². The number of likely N-dealkylation sites (tertiary alicyclic amines) is 1. The predicted molar refractivity (Wildman–Crippen MR) is 110 cm³/mol. The number of fused-ring (bicyclic) bond motifs is 1. The molecule has 3 heterocycles. The smallest absolute Gasteiger partial charge is 0.410 e. The van der Waals surface area contributed by atoms with E-state index in [2.05, 4.69) is 16.8 Å². The molecule has 2 aliphatic heterocycles. The zero-order chi connectivity index (χ0) is 19.9.